The molecule has 1 aliphatic rings. The Morgan fingerprint density at radius 2 is 1.92 bits per heavy atom. The van der Waals surface area contributed by atoms with Crippen molar-refractivity contribution in [2.75, 3.05) is 25.2 Å². The summed E-state index contributed by atoms with van der Waals surface area (Å²) in [4.78, 5) is 25.6. The predicted octanol–water partition coefficient (Wildman–Crippen LogP) is 1.12. The van der Waals surface area contributed by atoms with Gasteiger partial charge in [0.1, 0.15) is 0 Å². The molecule has 0 aliphatic carbocycles. The lowest BCUT2D eigenvalue weighted by Gasteiger charge is -2.28. The molecule has 0 bridgehead atoms. The molecule has 1 aromatic rings. The summed E-state index contributed by atoms with van der Waals surface area (Å²) in [5, 5.41) is 0. The molecule has 1 amide bonds. The molecular weight excluding hydrogens is 330 g/mol. The minimum atomic E-state index is -3.11. The monoisotopic (exact) mass is 353 g/mol. The highest BCUT2D eigenvalue weighted by atomic mass is 32.2. The first-order valence-corrected chi connectivity index (χ1v) is 9.75. The zero-order valence-corrected chi connectivity index (χ0v) is 14.8. The third kappa shape index (κ3) is 5.06. The Labute approximate surface area is 142 Å². The molecular formula is C17H23NO5S. The normalized spacial score (nSPS) is 19.0. The van der Waals surface area contributed by atoms with Crippen molar-refractivity contribution in [2.24, 2.45) is 0 Å². The molecule has 0 radical (unpaired) electrons. The van der Waals surface area contributed by atoms with E-state index in [9.17, 15) is 18.0 Å². The first kappa shape index (κ1) is 18.4. The summed E-state index contributed by atoms with van der Waals surface area (Å²) in [6.45, 7) is 2.15. The summed E-state index contributed by atoms with van der Waals surface area (Å²) in [6.07, 6.45) is 0.674. The molecule has 1 heterocycles. The summed E-state index contributed by atoms with van der Waals surface area (Å²) < 4.78 is 28.1. The van der Waals surface area contributed by atoms with Crippen LogP contribution in [0.3, 0.4) is 0 Å². The van der Waals surface area contributed by atoms with Crippen molar-refractivity contribution in [3.63, 3.8) is 0 Å². The van der Waals surface area contributed by atoms with Crippen LogP contribution in [0, 0.1) is 6.92 Å². The Hall–Kier alpha value is -1.89. The van der Waals surface area contributed by atoms with Gasteiger partial charge in [0.05, 0.1) is 31.5 Å². The van der Waals surface area contributed by atoms with E-state index >= 15 is 0 Å². The average molecular weight is 353 g/mol. The molecule has 1 fully saturated rings. The van der Waals surface area contributed by atoms with Crippen LogP contribution in [-0.2, 0) is 30.6 Å². The molecule has 1 atom stereocenters. The quantitative estimate of drug-likeness (QED) is 0.716. The molecule has 0 aromatic heterocycles. The van der Waals surface area contributed by atoms with E-state index < -0.39 is 15.8 Å². The van der Waals surface area contributed by atoms with Crippen LogP contribution in [0.15, 0.2) is 24.3 Å². The number of rotatable bonds is 6. The summed E-state index contributed by atoms with van der Waals surface area (Å²) in [5.41, 5.74) is 1.98. The van der Waals surface area contributed by atoms with Crippen LogP contribution in [0.5, 0.6) is 0 Å². The van der Waals surface area contributed by atoms with Gasteiger partial charge in [0.15, 0.2) is 9.84 Å². The number of ether oxygens (including phenoxy) is 1. The van der Waals surface area contributed by atoms with Gasteiger partial charge in [-0.05, 0) is 18.9 Å². The third-order valence-corrected chi connectivity index (χ3v) is 5.98. The van der Waals surface area contributed by atoms with Gasteiger partial charge in [0, 0.05) is 12.6 Å². The van der Waals surface area contributed by atoms with Gasteiger partial charge in [-0.3, -0.25) is 9.59 Å². The zero-order chi connectivity index (χ0) is 17.7. The zero-order valence-electron chi connectivity index (χ0n) is 14.0. The SMILES string of the molecule is COC(=O)CCN(C(=O)Cc1ccc(C)cc1)C1CCS(=O)(=O)C1. The standard InChI is InChI=1S/C17H23NO5S/c1-13-3-5-14(6-4-13)11-16(19)18(9-7-17(20)23-2)15-8-10-24(21,22)12-15/h3-6,15H,7-12H2,1-2H3. The summed E-state index contributed by atoms with van der Waals surface area (Å²) in [5.74, 6) is -0.522. The van der Waals surface area contributed by atoms with Crippen molar-refractivity contribution >= 4 is 21.7 Å². The van der Waals surface area contributed by atoms with E-state index in [1.807, 2.05) is 31.2 Å². The highest BCUT2D eigenvalue weighted by molar-refractivity contribution is 7.91. The van der Waals surface area contributed by atoms with E-state index in [-0.39, 0.29) is 42.8 Å². The molecule has 24 heavy (non-hydrogen) atoms. The minimum Gasteiger partial charge on any atom is -0.469 e. The van der Waals surface area contributed by atoms with Crippen molar-refractivity contribution < 1.29 is 22.7 Å². The van der Waals surface area contributed by atoms with Crippen molar-refractivity contribution in [1.29, 1.82) is 0 Å². The number of carbonyl (C=O) groups is 2. The Morgan fingerprint density at radius 1 is 1.25 bits per heavy atom. The van der Waals surface area contributed by atoms with Crippen LogP contribution in [-0.4, -0.2) is 56.4 Å². The molecule has 1 unspecified atom stereocenters. The highest BCUT2D eigenvalue weighted by Gasteiger charge is 2.34. The average Bonchev–Trinajstić information content (AvgIpc) is 2.89. The number of aryl methyl sites for hydroxylation is 1. The lowest BCUT2D eigenvalue weighted by atomic mass is 10.1. The second kappa shape index (κ2) is 7.79. The molecule has 1 aliphatic heterocycles. The topological polar surface area (TPSA) is 80.8 Å². The van der Waals surface area contributed by atoms with Crippen molar-refractivity contribution in [3.8, 4) is 0 Å². The second-order valence-corrected chi connectivity index (χ2v) is 8.36. The van der Waals surface area contributed by atoms with E-state index in [1.54, 1.807) is 0 Å². The molecule has 132 valence electrons. The van der Waals surface area contributed by atoms with Crippen LogP contribution in [0.2, 0.25) is 0 Å². The van der Waals surface area contributed by atoms with Crippen LogP contribution in [0.4, 0.5) is 0 Å². The molecule has 1 aromatic carbocycles. The van der Waals surface area contributed by atoms with Crippen LogP contribution < -0.4 is 0 Å². The first-order chi connectivity index (χ1) is 11.3. The summed E-state index contributed by atoms with van der Waals surface area (Å²) in [7, 11) is -1.81. The van der Waals surface area contributed by atoms with Gasteiger partial charge in [0.2, 0.25) is 5.91 Å². The van der Waals surface area contributed by atoms with Gasteiger partial charge in [-0.15, -0.1) is 0 Å². The Balaban J connectivity index is 2.10. The number of nitrogens with zero attached hydrogens (tertiary/aromatic N) is 1. The highest BCUT2D eigenvalue weighted by Crippen LogP contribution is 2.19. The lowest BCUT2D eigenvalue weighted by molar-refractivity contribution is -0.142. The van der Waals surface area contributed by atoms with E-state index in [0.717, 1.165) is 11.1 Å². The van der Waals surface area contributed by atoms with E-state index in [4.69, 9.17) is 0 Å². The fourth-order valence-corrected chi connectivity index (χ4v) is 4.56. The Bertz CT molecular complexity index is 696. The molecule has 7 heteroatoms. The van der Waals surface area contributed by atoms with Crippen LogP contribution in [0.25, 0.3) is 0 Å². The number of amides is 1. The second-order valence-electron chi connectivity index (χ2n) is 6.13. The maximum Gasteiger partial charge on any atom is 0.307 e. The van der Waals surface area contributed by atoms with Gasteiger partial charge >= 0.3 is 5.97 Å². The van der Waals surface area contributed by atoms with E-state index in [0.29, 0.717) is 6.42 Å². The summed E-state index contributed by atoms with van der Waals surface area (Å²) >= 11 is 0. The number of esters is 1. The maximum absolute atomic E-state index is 12.7. The largest absolute Gasteiger partial charge is 0.469 e. The van der Waals surface area contributed by atoms with Crippen molar-refractivity contribution in [2.45, 2.75) is 32.2 Å². The maximum atomic E-state index is 12.7. The van der Waals surface area contributed by atoms with Crippen LogP contribution >= 0.6 is 0 Å². The van der Waals surface area contributed by atoms with Gasteiger partial charge < -0.3 is 9.64 Å². The van der Waals surface area contributed by atoms with Crippen molar-refractivity contribution in [3.05, 3.63) is 35.4 Å². The number of hydrogen-bond donors (Lipinski definition) is 0. The molecule has 0 spiro atoms. The van der Waals surface area contributed by atoms with E-state index in [1.165, 1.54) is 12.0 Å². The molecule has 6 nitrogen and oxygen atoms in total. The Kier molecular flexibility index (Phi) is 5.99. The van der Waals surface area contributed by atoms with E-state index in [2.05, 4.69) is 4.74 Å². The van der Waals surface area contributed by atoms with Gasteiger partial charge in [-0.25, -0.2) is 8.42 Å². The van der Waals surface area contributed by atoms with Crippen molar-refractivity contribution in [1.82, 2.24) is 4.90 Å². The predicted molar refractivity (Wildman–Crippen MR) is 90.3 cm³/mol. The molecule has 1 saturated heterocycles. The van der Waals surface area contributed by atoms with Gasteiger partial charge in [-0.1, -0.05) is 29.8 Å². The number of benzene rings is 1. The number of sulfone groups is 1. The summed E-state index contributed by atoms with van der Waals surface area (Å²) in [6, 6.07) is 7.27. The number of carbonyl (C=O) groups excluding carboxylic acids is 2. The number of hydrogen-bond acceptors (Lipinski definition) is 5. The third-order valence-electron chi connectivity index (χ3n) is 4.23. The number of methoxy groups -OCH3 is 1. The first-order valence-electron chi connectivity index (χ1n) is 7.93. The fraction of sp³-hybridized carbons (Fsp3) is 0.529. The Morgan fingerprint density at radius 3 is 2.46 bits per heavy atom. The molecule has 2 rings (SSSR count). The van der Waals surface area contributed by atoms with Crippen LogP contribution in [0.1, 0.15) is 24.0 Å². The smallest absolute Gasteiger partial charge is 0.307 e. The van der Waals surface area contributed by atoms with Gasteiger partial charge in [0.25, 0.3) is 0 Å². The fourth-order valence-electron chi connectivity index (χ4n) is 2.83. The minimum absolute atomic E-state index is 0.0339. The molecule has 0 saturated carbocycles. The molecule has 0 N–H and O–H groups in total. The van der Waals surface area contributed by atoms with Gasteiger partial charge in [-0.2, -0.15) is 0 Å². The lowest BCUT2D eigenvalue weighted by Crippen LogP contribution is -2.43.